The first-order valence-corrected chi connectivity index (χ1v) is 13.0. The number of fused-ring (bicyclic) bond motifs is 1. The third-order valence-electron chi connectivity index (χ3n) is 6.09. The second kappa shape index (κ2) is 10.2. The summed E-state index contributed by atoms with van der Waals surface area (Å²) in [5.41, 5.74) is 3.35. The quantitative estimate of drug-likeness (QED) is 0.517. The number of hydrogen-bond acceptors (Lipinski definition) is 6. The van der Waals surface area contributed by atoms with Crippen molar-refractivity contribution in [3.05, 3.63) is 62.0 Å². The van der Waals surface area contributed by atoms with Gasteiger partial charge < -0.3 is 10.3 Å². The van der Waals surface area contributed by atoms with Crippen LogP contribution in [0.5, 0.6) is 0 Å². The average Bonchev–Trinajstić information content (AvgIpc) is 3.39. The van der Waals surface area contributed by atoms with Gasteiger partial charge in [0.25, 0.3) is 5.56 Å². The minimum Gasteiger partial charge on any atom is -0.351 e. The normalized spacial score (nSPS) is 15.3. The van der Waals surface area contributed by atoms with Gasteiger partial charge in [-0.2, -0.15) is 0 Å². The predicted octanol–water partition coefficient (Wildman–Crippen LogP) is 4.14. The first-order chi connectivity index (χ1) is 15.4. The van der Waals surface area contributed by atoms with Crippen LogP contribution in [0.1, 0.15) is 47.2 Å². The van der Waals surface area contributed by atoms with Crippen LogP contribution in [0.25, 0.3) is 10.2 Å². The van der Waals surface area contributed by atoms with Gasteiger partial charge in [0.05, 0.1) is 16.4 Å². The molecule has 1 aromatic carbocycles. The molecule has 8 heteroatoms. The molecule has 1 aliphatic rings. The standard InChI is InChI=1S/C24H30N4O2S2/c1-15-16(2)32-24-21(15)23(30)26-20(27-24)14-31-17(3)22(29)25-12-18-8-4-5-9-19(18)13-28-10-6-7-11-28/h4-5,8-9,17H,6-7,10-14H2,1-3H3,(H,25,29)(H,26,27,30). The molecule has 170 valence electrons. The van der Waals surface area contributed by atoms with E-state index in [-0.39, 0.29) is 16.7 Å². The van der Waals surface area contributed by atoms with E-state index in [0.717, 1.165) is 34.9 Å². The van der Waals surface area contributed by atoms with Gasteiger partial charge in [0.2, 0.25) is 5.91 Å². The molecule has 6 nitrogen and oxygen atoms in total. The first kappa shape index (κ1) is 23.0. The Morgan fingerprint density at radius 1 is 1.25 bits per heavy atom. The number of aryl methyl sites for hydroxylation is 2. The van der Waals surface area contributed by atoms with E-state index < -0.39 is 0 Å². The van der Waals surface area contributed by atoms with Crippen molar-refractivity contribution < 1.29 is 4.79 Å². The third-order valence-corrected chi connectivity index (χ3v) is 8.35. The van der Waals surface area contributed by atoms with E-state index in [4.69, 9.17) is 0 Å². The van der Waals surface area contributed by atoms with Crippen LogP contribution in [-0.4, -0.2) is 39.1 Å². The summed E-state index contributed by atoms with van der Waals surface area (Å²) in [4.78, 5) is 37.0. The zero-order valence-corrected chi connectivity index (χ0v) is 20.5. The van der Waals surface area contributed by atoms with Gasteiger partial charge in [-0.05, 0) is 63.4 Å². The molecular formula is C24H30N4O2S2. The van der Waals surface area contributed by atoms with Crippen LogP contribution in [0.15, 0.2) is 29.1 Å². The van der Waals surface area contributed by atoms with Gasteiger partial charge in [-0.3, -0.25) is 14.5 Å². The summed E-state index contributed by atoms with van der Waals surface area (Å²) in [5.74, 6) is 1.10. The maximum absolute atomic E-state index is 12.7. The maximum Gasteiger partial charge on any atom is 0.259 e. The highest BCUT2D eigenvalue weighted by Gasteiger charge is 2.17. The number of hydrogen-bond donors (Lipinski definition) is 2. The topological polar surface area (TPSA) is 78.1 Å². The second-order valence-corrected chi connectivity index (χ2v) is 10.9. The molecule has 1 saturated heterocycles. The van der Waals surface area contributed by atoms with Gasteiger partial charge in [-0.15, -0.1) is 23.1 Å². The number of rotatable bonds is 8. The van der Waals surface area contributed by atoms with E-state index in [9.17, 15) is 9.59 Å². The number of carbonyl (C=O) groups is 1. The van der Waals surface area contributed by atoms with E-state index in [1.165, 1.54) is 35.7 Å². The zero-order chi connectivity index (χ0) is 22.7. The fraction of sp³-hybridized carbons (Fsp3) is 0.458. The summed E-state index contributed by atoms with van der Waals surface area (Å²) in [6, 6.07) is 8.35. The molecular weight excluding hydrogens is 440 g/mol. The maximum atomic E-state index is 12.7. The number of H-pyrrole nitrogens is 1. The highest BCUT2D eigenvalue weighted by molar-refractivity contribution is 7.99. The van der Waals surface area contributed by atoms with Gasteiger partial charge in [-0.1, -0.05) is 24.3 Å². The minimum absolute atomic E-state index is 0.00258. The van der Waals surface area contributed by atoms with Crippen LogP contribution in [0.3, 0.4) is 0 Å². The molecule has 0 saturated carbocycles. The van der Waals surface area contributed by atoms with Crippen molar-refractivity contribution in [3.8, 4) is 0 Å². The molecule has 32 heavy (non-hydrogen) atoms. The molecule has 2 aromatic heterocycles. The van der Waals surface area contributed by atoms with E-state index in [1.807, 2.05) is 26.8 Å². The van der Waals surface area contributed by atoms with E-state index in [2.05, 4.69) is 38.4 Å². The van der Waals surface area contributed by atoms with Gasteiger partial charge in [-0.25, -0.2) is 4.98 Å². The Balaban J connectivity index is 1.33. The van der Waals surface area contributed by atoms with Crippen LogP contribution in [-0.2, 0) is 23.6 Å². The molecule has 1 atom stereocenters. The molecule has 1 unspecified atom stereocenters. The lowest BCUT2D eigenvalue weighted by atomic mass is 10.1. The Labute approximate surface area is 196 Å². The first-order valence-electron chi connectivity index (χ1n) is 11.1. The molecule has 0 aliphatic carbocycles. The number of nitrogens with one attached hydrogen (secondary N) is 2. The van der Waals surface area contributed by atoms with Gasteiger partial charge >= 0.3 is 0 Å². The number of carbonyl (C=O) groups excluding carboxylic acids is 1. The van der Waals surface area contributed by atoms with Gasteiger partial charge in [0.15, 0.2) is 0 Å². The molecule has 0 bridgehead atoms. The fourth-order valence-electron chi connectivity index (χ4n) is 4.04. The Kier molecular flexibility index (Phi) is 7.33. The number of thiophene rings is 1. The molecule has 2 N–H and O–H groups in total. The SMILES string of the molecule is Cc1sc2nc(CSC(C)C(=O)NCc3ccccc3CN3CCCC3)[nH]c(=O)c2c1C. The Morgan fingerprint density at radius 3 is 2.72 bits per heavy atom. The molecule has 0 radical (unpaired) electrons. The van der Waals surface area contributed by atoms with Crippen molar-refractivity contribution in [2.24, 2.45) is 0 Å². The van der Waals surface area contributed by atoms with Crippen molar-refractivity contribution in [3.63, 3.8) is 0 Å². The highest BCUT2D eigenvalue weighted by Crippen LogP contribution is 2.26. The van der Waals surface area contributed by atoms with Crippen LogP contribution in [0.4, 0.5) is 0 Å². The Bertz CT molecular complexity index is 1160. The van der Waals surface area contributed by atoms with Crippen molar-refractivity contribution in [1.29, 1.82) is 0 Å². The van der Waals surface area contributed by atoms with Crippen LogP contribution in [0.2, 0.25) is 0 Å². The molecule has 1 aliphatic heterocycles. The van der Waals surface area contributed by atoms with E-state index in [1.54, 1.807) is 11.3 Å². The van der Waals surface area contributed by atoms with Crippen LogP contribution < -0.4 is 10.9 Å². The molecule has 3 heterocycles. The van der Waals surface area contributed by atoms with Gasteiger partial charge in [0.1, 0.15) is 10.7 Å². The number of aromatic amines is 1. The monoisotopic (exact) mass is 470 g/mol. The fourth-order valence-corrected chi connectivity index (χ4v) is 5.87. The number of likely N-dealkylation sites (tertiary alicyclic amines) is 1. The van der Waals surface area contributed by atoms with Crippen molar-refractivity contribution in [2.45, 2.75) is 57.7 Å². The summed E-state index contributed by atoms with van der Waals surface area (Å²) < 4.78 is 0. The number of nitrogens with zero attached hydrogens (tertiary/aromatic N) is 2. The summed E-state index contributed by atoms with van der Waals surface area (Å²) in [5, 5.41) is 3.52. The van der Waals surface area contributed by atoms with Crippen molar-refractivity contribution >= 4 is 39.2 Å². The molecule has 4 rings (SSSR count). The molecule has 0 spiro atoms. The second-order valence-electron chi connectivity index (χ2n) is 8.40. The number of amides is 1. The van der Waals surface area contributed by atoms with Gasteiger partial charge in [0, 0.05) is 18.0 Å². The average molecular weight is 471 g/mol. The third kappa shape index (κ3) is 5.24. The Hall–Kier alpha value is -2.16. The largest absolute Gasteiger partial charge is 0.351 e. The zero-order valence-electron chi connectivity index (χ0n) is 18.9. The number of aromatic nitrogens is 2. The molecule has 1 amide bonds. The Morgan fingerprint density at radius 2 is 1.97 bits per heavy atom. The predicted molar refractivity (Wildman–Crippen MR) is 133 cm³/mol. The van der Waals surface area contributed by atoms with Crippen LogP contribution in [0, 0.1) is 13.8 Å². The smallest absolute Gasteiger partial charge is 0.259 e. The lowest BCUT2D eigenvalue weighted by Crippen LogP contribution is -2.31. The van der Waals surface area contributed by atoms with Crippen molar-refractivity contribution in [2.75, 3.05) is 13.1 Å². The molecule has 3 aromatic rings. The van der Waals surface area contributed by atoms with E-state index in [0.29, 0.717) is 23.5 Å². The number of thioether (sulfide) groups is 1. The summed E-state index contributed by atoms with van der Waals surface area (Å²) in [6.45, 7) is 9.64. The van der Waals surface area contributed by atoms with E-state index >= 15 is 0 Å². The highest BCUT2D eigenvalue weighted by atomic mass is 32.2. The van der Waals surface area contributed by atoms with Crippen molar-refractivity contribution in [1.82, 2.24) is 20.2 Å². The number of benzene rings is 1. The summed E-state index contributed by atoms with van der Waals surface area (Å²) >= 11 is 3.03. The lowest BCUT2D eigenvalue weighted by Gasteiger charge is -2.18. The molecule has 1 fully saturated rings. The minimum atomic E-state index is -0.242. The lowest BCUT2D eigenvalue weighted by molar-refractivity contribution is -0.120. The summed E-state index contributed by atoms with van der Waals surface area (Å²) in [7, 11) is 0. The van der Waals surface area contributed by atoms with Crippen LogP contribution >= 0.6 is 23.1 Å². The summed E-state index contributed by atoms with van der Waals surface area (Å²) in [6.07, 6.45) is 2.54.